The molecule has 4 rings (SSSR count). The summed E-state index contributed by atoms with van der Waals surface area (Å²) < 4.78 is 5.87. The van der Waals surface area contributed by atoms with Gasteiger partial charge in [-0.25, -0.2) is 4.98 Å². The minimum Gasteiger partial charge on any atom is -0.496 e. The van der Waals surface area contributed by atoms with Gasteiger partial charge in [0.25, 0.3) is 5.91 Å². The summed E-state index contributed by atoms with van der Waals surface area (Å²) >= 11 is 10.1. The van der Waals surface area contributed by atoms with Crippen molar-refractivity contribution in [2.24, 2.45) is 0 Å². The van der Waals surface area contributed by atoms with E-state index in [4.69, 9.17) is 17.0 Å². The first-order chi connectivity index (χ1) is 14.5. The number of thiazole rings is 1. The number of carbonyl (C=O) groups excluding carboxylic acids is 1. The van der Waals surface area contributed by atoms with Gasteiger partial charge in [0.2, 0.25) is 0 Å². The Morgan fingerprint density at radius 1 is 1.13 bits per heavy atom. The third-order valence-corrected chi connectivity index (χ3v) is 6.01. The zero-order chi connectivity index (χ0) is 21.1. The zero-order valence-electron chi connectivity index (χ0n) is 15.8. The Balaban J connectivity index is 1.46. The van der Waals surface area contributed by atoms with Crippen molar-refractivity contribution in [3.05, 3.63) is 76.1 Å². The van der Waals surface area contributed by atoms with Crippen LogP contribution in [0.15, 0.2) is 70.5 Å². The molecule has 5 nitrogen and oxygen atoms in total. The number of aromatic nitrogens is 1. The maximum atomic E-state index is 12.5. The SMILES string of the molecule is COc1ccc(C(=O)NC(=S)Nc2nc(-c3cccc4ccccc34)cs2)cc1Br. The van der Waals surface area contributed by atoms with Crippen molar-refractivity contribution in [1.29, 1.82) is 0 Å². The highest BCUT2D eigenvalue weighted by Crippen LogP contribution is 2.31. The lowest BCUT2D eigenvalue weighted by atomic mass is 10.0. The monoisotopic (exact) mass is 497 g/mol. The molecule has 3 aromatic carbocycles. The zero-order valence-corrected chi connectivity index (χ0v) is 19.0. The molecule has 1 aromatic heterocycles. The molecule has 0 spiro atoms. The predicted molar refractivity (Wildman–Crippen MR) is 129 cm³/mol. The van der Waals surface area contributed by atoms with Gasteiger partial charge < -0.3 is 10.1 Å². The number of rotatable bonds is 4. The predicted octanol–water partition coefficient (Wildman–Crippen LogP) is 5.86. The van der Waals surface area contributed by atoms with Gasteiger partial charge in [-0.05, 0) is 57.1 Å². The fourth-order valence-electron chi connectivity index (χ4n) is 3.01. The largest absolute Gasteiger partial charge is 0.496 e. The Labute approximate surface area is 191 Å². The van der Waals surface area contributed by atoms with Gasteiger partial charge in [-0.2, -0.15) is 0 Å². The number of thiocarbonyl (C=S) groups is 1. The maximum absolute atomic E-state index is 12.5. The van der Waals surface area contributed by atoms with Crippen LogP contribution in [-0.2, 0) is 0 Å². The van der Waals surface area contributed by atoms with Gasteiger partial charge >= 0.3 is 0 Å². The van der Waals surface area contributed by atoms with E-state index in [1.165, 1.54) is 11.3 Å². The van der Waals surface area contributed by atoms with E-state index >= 15 is 0 Å². The van der Waals surface area contributed by atoms with Crippen LogP contribution in [0.4, 0.5) is 5.13 Å². The van der Waals surface area contributed by atoms with Crippen LogP contribution in [0.3, 0.4) is 0 Å². The summed E-state index contributed by atoms with van der Waals surface area (Å²) in [5.74, 6) is 0.331. The Morgan fingerprint density at radius 3 is 2.73 bits per heavy atom. The van der Waals surface area contributed by atoms with Gasteiger partial charge in [0.15, 0.2) is 10.2 Å². The standard InChI is InChI=1S/C22H16BrN3O2S2/c1-28-19-10-9-14(11-17(19)23)20(27)25-21(29)26-22-24-18(12-30-22)16-8-4-6-13-5-2-3-7-15(13)16/h2-12H,1H3,(H2,24,25,26,27,29). The normalized spacial score (nSPS) is 10.6. The molecule has 1 amide bonds. The number of hydrogen-bond acceptors (Lipinski definition) is 5. The number of ether oxygens (including phenoxy) is 1. The van der Waals surface area contributed by atoms with Gasteiger partial charge in [0.05, 0.1) is 17.3 Å². The van der Waals surface area contributed by atoms with E-state index in [0.29, 0.717) is 20.9 Å². The molecule has 0 bridgehead atoms. The minimum absolute atomic E-state index is 0.186. The Morgan fingerprint density at radius 2 is 1.93 bits per heavy atom. The van der Waals surface area contributed by atoms with Crippen molar-refractivity contribution in [3.63, 3.8) is 0 Å². The maximum Gasteiger partial charge on any atom is 0.257 e. The molecule has 1 heterocycles. The van der Waals surface area contributed by atoms with Gasteiger partial charge in [-0.1, -0.05) is 42.5 Å². The van der Waals surface area contributed by atoms with Crippen LogP contribution in [-0.4, -0.2) is 23.1 Å². The van der Waals surface area contributed by atoms with Gasteiger partial charge in [-0.3, -0.25) is 10.1 Å². The summed E-state index contributed by atoms with van der Waals surface area (Å²) in [5.41, 5.74) is 2.37. The number of halogens is 1. The molecule has 0 aliphatic heterocycles. The molecule has 0 atom stereocenters. The van der Waals surface area contributed by atoms with Crippen molar-refractivity contribution < 1.29 is 9.53 Å². The second kappa shape index (κ2) is 8.91. The quantitative estimate of drug-likeness (QED) is 0.345. The average molecular weight is 498 g/mol. The number of hydrogen-bond donors (Lipinski definition) is 2. The number of fused-ring (bicyclic) bond motifs is 1. The molecule has 2 N–H and O–H groups in total. The third kappa shape index (κ3) is 4.35. The Bertz CT molecular complexity index is 1250. The molecule has 0 aliphatic carbocycles. The second-order valence-electron chi connectivity index (χ2n) is 6.32. The van der Waals surface area contributed by atoms with Gasteiger partial charge in [-0.15, -0.1) is 11.3 Å². The summed E-state index contributed by atoms with van der Waals surface area (Å²) in [4.78, 5) is 17.1. The van der Waals surface area contributed by atoms with Crippen LogP contribution >= 0.6 is 39.5 Å². The first-order valence-corrected chi connectivity index (χ1v) is 11.0. The molecule has 0 radical (unpaired) electrons. The van der Waals surface area contributed by atoms with E-state index in [2.05, 4.69) is 49.7 Å². The summed E-state index contributed by atoms with van der Waals surface area (Å²) in [6.07, 6.45) is 0. The highest BCUT2D eigenvalue weighted by Gasteiger charge is 2.13. The number of benzene rings is 3. The molecule has 0 unspecified atom stereocenters. The van der Waals surface area contributed by atoms with E-state index in [-0.39, 0.29) is 11.0 Å². The summed E-state index contributed by atoms with van der Waals surface area (Å²) in [5, 5.41) is 10.7. The lowest BCUT2D eigenvalue weighted by Gasteiger charge is -2.09. The number of anilines is 1. The van der Waals surface area contributed by atoms with Crippen molar-refractivity contribution in [2.75, 3.05) is 12.4 Å². The van der Waals surface area contributed by atoms with Crippen molar-refractivity contribution >= 4 is 66.4 Å². The van der Waals surface area contributed by atoms with Crippen LogP contribution in [0, 0.1) is 0 Å². The molecular formula is C22H16BrN3O2S2. The second-order valence-corrected chi connectivity index (χ2v) is 8.44. The van der Waals surface area contributed by atoms with Crippen LogP contribution in [0.1, 0.15) is 10.4 Å². The summed E-state index contributed by atoms with van der Waals surface area (Å²) in [7, 11) is 1.57. The lowest BCUT2D eigenvalue weighted by molar-refractivity contribution is 0.0977. The fourth-order valence-corrected chi connectivity index (χ4v) is 4.52. The first-order valence-electron chi connectivity index (χ1n) is 8.94. The van der Waals surface area contributed by atoms with Crippen LogP contribution in [0.5, 0.6) is 5.75 Å². The van der Waals surface area contributed by atoms with Gasteiger partial charge in [0.1, 0.15) is 5.75 Å². The molecule has 0 fully saturated rings. The smallest absolute Gasteiger partial charge is 0.257 e. The Kier molecular flexibility index (Phi) is 6.08. The van der Waals surface area contributed by atoms with Crippen molar-refractivity contribution in [2.45, 2.75) is 0 Å². The third-order valence-electron chi connectivity index (χ3n) is 4.43. The minimum atomic E-state index is -0.318. The molecule has 30 heavy (non-hydrogen) atoms. The van der Waals surface area contributed by atoms with Crippen LogP contribution in [0.2, 0.25) is 0 Å². The first kappa shape index (κ1) is 20.5. The number of nitrogens with zero attached hydrogens (tertiary/aromatic N) is 1. The summed E-state index contributed by atoms with van der Waals surface area (Å²) in [6, 6.07) is 19.4. The van der Waals surface area contributed by atoms with Crippen LogP contribution < -0.4 is 15.4 Å². The number of methoxy groups -OCH3 is 1. The van der Waals surface area contributed by atoms with Crippen molar-refractivity contribution in [1.82, 2.24) is 10.3 Å². The molecule has 150 valence electrons. The number of carbonyl (C=O) groups is 1. The van der Waals surface area contributed by atoms with Gasteiger partial charge in [0, 0.05) is 16.5 Å². The molecule has 4 aromatic rings. The fraction of sp³-hybridized carbons (Fsp3) is 0.0455. The highest BCUT2D eigenvalue weighted by atomic mass is 79.9. The van der Waals surface area contributed by atoms with Crippen molar-refractivity contribution in [3.8, 4) is 17.0 Å². The average Bonchev–Trinajstić information content (AvgIpc) is 3.21. The number of nitrogens with one attached hydrogen (secondary N) is 2. The van der Waals surface area contributed by atoms with E-state index < -0.39 is 0 Å². The molecular weight excluding hydrogens is 482 g/mol. The van der Waals surface area contributed by atoms with E-state index in [1.54, 1.807) is 25.3 Å². The molecule has 8 heteroatoms. The Hall–Kier alpha value is -2.81. The van der Waals surface area contributed by atoms with E-state index in [1.807, 2.05) is 29.6 Å². The molecule has 0 aliphatic rings. The molecule has 0 saturated carbocycles. The lowest BCUT2D eigenvalue weighted by Crippen LogP contribution is -2.34. The molecule has 0 saturated heterocycles. The topological polar surface area (TPSA) is 63.2 Å². The number of amides is 1. The summed E-state index contributed by atoms with van der Waals surface area (Å²) in [6.45, 7) is 0. The van der Waals surface area contributed by atoms with Crippen LogP contribution in [0.25, 0.3) is 22.0 Å². The van der Waals surface area contributed by atoms with E-state index in [0.717, 1.165) is 22.0 Å². The van der Waals surface area contributed by atoms with E-state index in [9.17, 15) is 4.79 Å². The highest BCUT2D eigenvalue weighted by molar-refractivity contribution is 9.10.